The van der Waals surface area contributed by atoms with Crippen LogP contribution >= 0.6 is 0 Å². The van der Waals surface area contributed by atoms with Gasteiger partial charge in [-0.1, -0.05) is 6.07 Å². The predicted octanol–water partition coefficient (Wildman–Crippen LogP) is 1.80. The number of anilines is 1. The van der Waals surface area contributed by atoms with Crippen molar-refractivity contribution in [3.05, 3.63) is 23.8 Å². The molecule has 20 heavy (non-hydrogen) atoms. The van der Waals surface area contributed by atoms with Gasteiger partial charge in [0.1, 0.15) is 11.0 Å². The van der Waals surface area contributed by atoms with Crippen LogP contribution < -0.4 is 9.64 Å². The second kappa shape index (κ2) is 5.40. The monoisotopic (exact) mass is 301 g/mol. The molecule has 1 aromatic rings. The van der Waals surface area contributed by atoms with E-state index < -0.39 is 21.4 Å². The zero-order valence-corrected chi connectivity index (χ0v) is 12.1. The molecule has 1 heterocycles. The van der Waals surface area contributed by atoms with Crippen LogP contribution in [-0.4, -0.2) is 32.7 Å². The first kappa shape index (κ1) is 14.8. The zero-order valence-electron chi connectivity index (χ0n) is 11.3. The molecule has 0 N–H and O–H groups in total. The lowest BCUT2D eigenvalue weighted by molar-refractivity contribution is -0.117. The topological polar surface area (TPSA) is 63.7 Å². The number of ether oxygens (including phenoxy) is 1. The van der Waals surface area contributed by atoms with Crippen LogP contribution in [0.3, 0.4) is 0 Å². The van der Waals surface area contributed by atoms with Gasteiger partial charge in [-0.2, -0.15) is 8.42 Å². The normalized spacial score (nSPS) is 19.4. The second-order valence-corrected chi connectivity index (χ2v) is 6.33. The summed E-state index contributed by atoms with van der Waals surface area (Å²) >= 11 is 0. The van der Waals surface area contributed by atoms with E-state index in [2.05, 4.69) is 0 Å². The number of amides is 1. The Kier molecular flexibility index (Phi) is 3.99. The van der Waals surface area contributed by atoms with Gasteiger partial charge in [-0.25, -0.2) is 0 Å². The van der Waals surface area contributed by atoms with E-state index in [1.165, 1.54) is 4.90 Å². The van der Waals surface area contributed by atoms with Gasteiger partial charge < -0.3 is 9.64 Å². The van der Waals surface area contributed by atoms with Crippen LogP contribution in [0.4, 0.5) is 9.57 Å². The molecule has 0 aromatic heterocycles. The fourth-order valence-corrected chi connectivity index (χ4v) is 2.88. The number of carbonyl (C=O) groups is 1. The quantitative estimate of drug-likeness (QED) is 0.796. The van der Waals surface area contributed by atoms with Gasteiger partial charge in [0.15, 0.2) is 0 Å². The van der Waals surface area contributed by atoms with Crippen LogP contribution in [-0.2, 0) is 15.0 Å². The van der Waals surface area contributed by atoms with E-state index in [1.807, 2.05) is 19.9 Å². The Morgan fingerprint density at radius 2 is 2.15 bits per heavy atom. The van der Waals surface area contributed by atoms with Crippen molar-refractivity contribution < 1.29 is 21.8 Å². The second-order valence-electron chi connectivity index (χ2n) is 4.71. The highest BCUT2D eigenvalue weighted by molar-refractivity contribution is 7.87. The molecule has 1 aliphatic heterocycles. The summed E-state index contributed by atoms with van der Waals surface area (Å²) in [6.07, 6.45) is -0.335. The Morgan fingerprint density at radius 3 is 2.70 bits per heavy atom. The highest BCUT2D eigenvalue weighted by atomic mass is 32.3. The maximum absolute atomic E-state index is 13.0. The van der Waals surface area contributed by atoms with E-state index in [-0.39, 0.29) is 13.0 Å². The number of hydrogen-bond acceptors (Lipinski definition) is 4. The Hall–Kier alpha value is -1.63. The molecule has 0 aliphatic carbocycles. The number of hydrogen-bond donors (Lipinski definition) is 0. The molecule has 1 aliphatic rings. The first-order valence-corrected chi connectivity index (χ1v) is 7.75. The van der Waals surface area contributed by atoms with Crippen molar-refractivity contribution in [3.8, 4) is 5.75 Å². The fourth-order valence-electron chi connectivity index (χ4n) is 2.21. The molecule has 1 fully saturated rings. The van der Waals surface area contributed by atoms with Gasteiger partial charge in [-0.05, 0) is 31.5 Å². The largest absolute Gasteiger partial charge is 0.492 e. The van der Waals surface area contributed by atoms with Gasteiger partial charge in [-0.3, -0.25) is 4.79 Å². The SMILES string of the molecule is CCOc1ccc(C)cc1N1CC(S(=O)(=O)F)CC1=O. The third-order valence-corrected chi connectivity index (χ3v) is 4.30. The maximum Gasteiger partial charge on any atom is 0.307 e. The zero-order chi connectivity index (χ0) is 14.9. The molecule has 1 atom stereocenters. The van der Waals surface area contributed by atoms with E-state index in [9.17, 15) is 17.1 Å². The number of aryl methyl sites for hydroxylation is 1. The van der Waals surface area contributed by atoms with E-state index in [4.69, 9.17) is 4.74 Å². The maximum atomic E-state index is 13.0. The Labute approximate surface area is 117 Å². The first-order valence-electron chi connectivity index (χ1n) is 6.30. The molecule has 110 valence electrons. The summed E-state index contributed by atoms with van der Waals surface area (Å²) < 4.78 is 40.4. The Balaban J connectivity index is 2.37. The molecule has 1 amide bonds. The van der Waals surface area contributed by atoms with Gasteiger partial charge in [-0.15, -0.1) is 3.89 Å². The summed E-state index contributed by atoms with van der Waals surface area (Å²) in [6.45, 7) is 3.90. The molecular weight excluding hydrogens is 285 g/mol. The van der Waals surface area contributed by atoms with Crippen LogP contribution in [0.25, 0.3) is 0 Å². The number of halogens is 1. The average Bonchev–Trinajstić information content (AvgIpc) is 2.74. The Bertz CT molecular complexity index is 629. The van der Waals surface area contributed by atoms with Crippen molar-refractivity contribution in [2.75, 3.05) is 18.1 Å². The van der Waals surface area contributed by atoms with Crippen molar-refractivity contribution in [3.63, 3.8) is 0 Å². The van der Waals surface area contributed by atoms with Crippen molar-refractivity contribution in [2.45, 2.75) is 25.5 Å². The summed E-state index contributed by atoms with van der Waals surface area (Å²) in [4.78, 5) is 13.2. The van der Waals surface area contributed by atoms with Crippen LogP contribution in [0.5, 0.6) is 5.75 Å². The van der Waals surface area contributed by atoms with Crippen LogP contribution in [0.15, 0.2) is 18.2 Å². The molecule has 0 bridgehead atoms. The van der Waals surface area contributed by atoms with Crippen molar-refractivity contribution in [2.24, 2.45) is 0 Å². The van der Waals surface area contributed by atoms with Crippen molar-refractivity contribution in [1.29, 1.82) is 0 Å². The van der Waals surface area contributed by atoms with Crippen LogP contribution in [0, 0.1) is 6.92 Å². The fraction of sp³-hybridized carbons (Fsp3) is 0.462. The van der Waals surface area contributed by atoms with E-state index in [0.717, 1.165) is 5.56 Å². The standard InChI is InChI=1S/C13H16FNO4S/c1-3-19-12-5-4-9(2)6-11(12)15-8-10(7-13(15)16)20(14,17)18/h4-6,10H,3,7-8H2,1-2H3. The van der Waals surface area contributed by atoms with Crippen LogP contribution in [0.1, 0.15) is 18.9 Å². The molecule has 5 nitrogen and oxygen atoms in total. The summed E-state index contributed by atoms with van der Waals surface area (Å²) in [6, 6.07) is 5.28. The summed E-state index contributed by atoms with van der Waals surface area (Å²) in [5.74, 6) is 0.0751. The summed E-state index contributed by atoms with van der Waals surface area (Å²) in [5.41, 5.74) is 1.39. The van der Waals surface area contributed by atoms with Crippen molar-refractivity contribution in [1.82, 2.24) is 0 Å². The highest BCUT2D eigenvalue weighted by Crippen LogP contribution is 2.34. The Morgan fingerprint density at radius 1 is 1.45 bits per heavy atom. The number of rotatable bonds is 4. The minimum atomic E-state index is -4.71. The lowest BCUT2D eigenvalue weighted by atomic mass is 10.2. The average molecular weight is 301 g/mol. The molecule has 0 saturated carbocycles. The van der Waals surface area contributed by atoms with E-state index in [1.54, 1.807) is 12.1 Å². The lowest BCUT2D eigenvalue weighted by Gasteiger charge is -2.20. The molecule has 1 unspecified atom stereocenters. The number of carbonyl (C=O) groups excluding carboxylic acids is 1. The predicted molar refractivity (Wildman–Crippen MR) is 73.1 cm³/mol. The van der Waals surface area contributed by atoms with Crippen LogP contribution in [0.2, 0.25) is 0 Å². The summed E-state index contributed by atoms with van der Waals surface area (Å²) in [7, 11) is -4.71. The minimum Gasteiger partial charge on any atom is -0.492 e. The molecule has 1 aromatic carbocycles. The molecule has 0 radical (unpaired) electrons. The van der Waals surface area contributed by atoms with Gasteiger partial charge in [0.2, 0.25) is 5.91 Å². The highest BCUT2D eigenvalue weighted by Gasteiger charge is 2.39. The van der Waals surface area contributed by atoms with Gasteiger partial charge in [0.05, 0.1) is 12.3 Å². The number of nitrogens with zero attached hydrogens (tertiary/aromatic N) is 1. The van der Waals surface area contributed by atoms with Gasteiger partial charge >= 0.3 is 10.2 Å². The smallest absolute Gasteiger partial charge is 0.307 e. The van der Waals surface area contributed by atoms with E-state index >= 15 is 0 Å². The van der Waals surface area contributed by atoms with Crippen molar-refractivity contribution >= 4 is 21.8 Å². The molecular formula is C13H16FNO4S. The molecule has 2 rings (SSSR count). The van der Waals surface area contributed by atoms with Gasteiger partial charge in [0.25, 0.3) is 0 Å². The minimum absolute atomic E-state index is 0.179. The summed E-state index contributed by atoms with van der Waals surface area (Å²) in [5, 5.41) is -1.30. The molecule has 7 heteroatoms. The third kappa shape index (κ3) is 2.92. The third-order valence-electron chi connectivity index (χ3n) is 3.19. The van der Waals surface area contributed by atoms with E-state index in [0.29, 0.717) is 18.0 Å². The first-order chi connectivity index (χ1) is 9.32. The lowest BCUT2D eigenvalue weighted by Crippen LogP contribution is -2.27. The van der Waals surface area contributed by atoms with Gasteiger partial charge in [0, 0.05) is 13.0 Å². The number of benzene rings is 1. The molecule has 1 saturated heterocycles. The molecule has 0 spiro atoms.